The first-order chi connectivity index (χ1) is 11.6. The summed E-state index contributed by atoms with van der Waals surface area (Å²) < 4.78 is 26.3. The summed E-state index contributed by atoms with van der Waals surface area (Å²) in [6, 6.07) is 11.9. The molecule has 0 aliphatic carbocycles. The first-order valence-corrected chi connectivity index (χ1v) is 7.28. The van der Waals surface area contributed by atoms with E-state index in [-0.39, 0.29) is 5.56 Å². The summed E-state index contributed by atoms with van der Waals surface area (Å²) in [5, 5.41) is 10.9. The summed E-state index contributed by atoms with van der Waals surface area (Å²) in [4.78, 5) is 13.8. The van der Waals surface area contributed by atoms with Gasteiger partial charge in [-0.05, 0) is 23.8 Å². The molecule has 0 unspecified atom stereocenters. The minimum Gasteiger partial charge on any atom is -0.343 e. The highest BCUT2D eigenvalue weighted by atomic mass is 19.2. The van der Waals surface area contributed by atoms with Gasteiger partial charge < -0.3 is 5.32 Å². The van der Waals surface area contributed by atoms with Crippen LogP contribution in [0, 0.1) is 11.6 Å². The number of carbonyl (C=O) groups is 1. The fraction of sp³-hybridized carbons (Fsp3) is 0.118. The van der Waals surface area contributed by atoms with Gasteiger partial charge in [-0.15, -0.1) is 0 Å². The molecule has 7 heteroatoms. The highest BCUT2D eigenvalue weighted by Gasteiger charge is 2.18. The maximum absolute atomic E-state index is 13.3. The Bertz CT molecular complexity index is 822. The van der Waals surface area contributed by atoms with Crippen molar-refractivity contribution in [2.75, 3.05) is 0 Å². The summed E-state index contributed by atoms with van der Waals surface area (Å²) in [5.41, 5.74) is 0.897. The van der Waals surface area contributed by atoms with Crippen molar-refractivity contribution < 1.29 is 13.6 Å². The second-order valence-electron chi connectivity index (χ2n) is 5.15. The van der Waals surface area contributed by atoms with Gasteiger partial charge in [0.2, 0.25) is 0 Å². The van der Waals surface area contributed by atoms with Crippen LogP contribution in [0.4, 0.5) is 8.78 Å². The van der Waals surface area contributed by atoms with Crippen molar-refractivity contribution in [3.8, 4) is 0 Å². The second kappa shape index (κ2) is 6.99. The zero-order chi connectivity index (χ0) is 16.9. The Labute approximate surface area is 136 Å². The van der Waals surface area contributed by atoms with Crippen molar-refractivity contribution in [3.63, 3.8) is 0 Å². The van der Waals surface area contributed by atoms with Crippen molar-refractivity contribution in [1.29, 1.82) is 0 Å². The monoisotopic (exact) mass is 328 g/mol. The molecule has 0 radical (unpaired) electrons. The molecule has 1 heterocycles. The van der Waals surface area contributed by atoms with Crippen LogP contribution in [0.15, 0.2) is 60.9 Å². The van der Waals surface area contributed by atoms with Crippen LogP contribution >= 0.6 is 0 Å². The number of hydrogen-bond acceptors (Lipinski definition) is 3. The zero-order valence-electron chi connectivity index (χ0n) is 12.6. The van der Waals surface area contributed by atoms with Crippen LogP contribution < -0.4 is 5.32 Å². The Hall–Kier alpha value is -3.09. The number of amides is 1. The van der Waals surface area contributed by atoms with Crippen molar-refractivity contribution >= 4 is 5.91 Å². The highest BCUT2D eigenvalue weighted by Crippen LogP contribution is 2.16. The number of rotatable bonds is 5. The predicted molar refractivity (Wildman–Crippen MR) is 83.0 cm³/mol. The quantitative estimate of drug-likeness (QED) is 0.783. The Morgan fingerprint density at radius 2 is 1.75 bits per heavy atom. The van der Waals surface area contributed by atoms with Crippen molar-refractivity contribution in [2.45, 2.75) is 12.6 Å². The number of halogens is 2. The fourth-order valence-electron chi connectivity index (χ4n) is 2.30. The normalized spacial score (nSPS) is 11.9. The van der Waals surface area contributed by atoms with Crippen LogP contribution in [-0.4, -0.2) is 20.9 Å². The molecule has 122 valence electrons. The lowest BCUT2D eigenvalue weighted by Crippen LogP contribution is -2.32. The van der Waals surface area contributed by atoms with Crippen molar-refractivity contribution in [3.05, 3.63) is 83.7 Å². The SMILES string of the molecule is O=C(N[C@@H](Cn1nccn1)c1ccccc1)c1ccc(F)c(F)c1. The molecular formula is C17H14F2N4O. The zero-order valence-corrected chi connectivity index (χ0v) is 12.6. The topological polar surface area (TPSA) is 59.8 Å². The van der Waals surface area contributed by atoms with Gasteiger partial charge in [-0.25, -0.2) is 8.78 Å². The van der Waals surface area contributed by atoms with E-state index in [1.807, 2.05) is 30.3 Å². The molecule has 3 rings (SSSR count). The molecule has 0 saturated heterocycles. The maximum atomic E-state index is 13.3. The number of aromatic nitrogens is 3. The van der Waals surface area contributed by atoms with Gasteiger partial charge in [0, 0.05) is 5.56 Å². The van der Waals surface area contributed by atoms with E-state index in [4.69, 9.17) is 0 Å². The molecule has 1 N–H and O–H groups in total. The molecule has 0 fully saturated rings. The summed E-state index contributed by atoms with van der Waals surface area (Å²) in [5.74, 6) is -2.56. The molecule has 24 heavy (non-hydrogen) atoms. The van der Waals surface area contributed by atoms with Crippen LogP contribution in [-0.2, 0) is 6.54 Å². The number of benzene rings is 2. The van der Waals surface area contributed by atoms with E-state index in [9.17, 15) is 13.6 Å². The Morgan fingerprint density at radius 1 is 1.04 bits per heavy atom. The summed E-state index contributed by atoms with van der Waals surface area (Å²) in [6.45, 7) is 0.312. The van der Waals surface area contributed by atoms with E-state index in [1.165, 1.54) is 10.9 Å². The Balaban J connectivity index is 1.83. The van der Waals surface area contributed by atoms with Crippen LogP contribution in [0.2, 0.25) is 0 Å². The number of hydrogen-bond donors (Lipinski definition) is 1. The largest absolute Gasteiger partial charge is 0.343 e. The first kappa shape index (κ1) is 15.8. The van der Waals surface area contributed by atoms with Crippen molar-refractivity contribution in [2.24, 2.45) is 0 Å². The van der Waals surface area contributed by atoms with Gasteiger partial charge in [-0.1, -0.05) is 30.3 Å². The van der Waals surface area contributed by atoms with Gasteiger partial charge in [0.05, 0.1) is 25.0 Å². The molecular weight excluding hydrogens is 314 g/mol. The molecule has 0 bridgehead atoms. The molecule has 0 spiro atoms. The third kappa shape index (κ3) is 3.62. The Kier molecular flexibility index (Phi) is 4.60. The molecule has 1 atom stereocenters. The molecule has 0 aliphatic heterocycles. The van der Waals surface area contributed by atoms with Crippen molar-refractivity contribution in [1.82, 2.24) is 20.3 Å². The van der Waals surface area contributed by atoms with E-state index in [2.05, 4.69) is 15.5 Å². The standard InChI is InChI=1S/C17H14F2N4O/c18-14-7-6-13(10-15(14)19)17(24)22-16(11-23-20-8-9-21-23)12-4-2-1-3-5-12/h1-10,16H,11H2,(H,22,24)/t16-/m0/s1. The smallest absolute Gasteiger partial charge is 0.251 e. The summed E-state index contributed by atoms with van der Waals surface area (Å²) in [7, 11) is 0. The molecule has 5 nitrogen and oxygen atoms in total. The lowest BCUT2D eigenvalue weighted by atomic mass is 10.1. The van der Waals surface area contributed by atoms with Gasteiger partial charge in [0.15, 0.2) is 11.6 Å². The van der Waals surface area contributed by atoms with E-state index in [0.29, 0.717) is 6.54 Å². The molecule has 1 amide bonds. The summed E-state index contributed by atoms with van der Waals surface area (Å²) >= 11 is 0. The lowest BCUT2D eigenvalue weighted by Gasteiger charge is -2.19. The van der Waals surface area contributed by atoms with Gasteiger partial charge in [-0.3, -0.25) is 4.79 Å². The van der Waals surface area contributed by atoms with E-state index in [0.717, 1.165) is 17.7 Å². The molecule has 0 saturated carbocycles. The van der Waals surface area contributed by atoms with E-state index >= 15 is 0 Å². The minimum atomic E-state index is -1.06. The van der Waals surface area contributed by atoms with Crippen LogP contribution in [0.3, 0.4) is 0 Å². The third-order valence-corrected chi connectivity index (χ3v) is 3.50. The lowest BCUT2D eigenvalue weighted by molar-refractivity contribution is 0.0930. The Morgan fingerprint density at radius 3 is 2.42 bits per heavy atom. The summed E-state index contributed by atoms with van der Waals surface area (Å²) in [6.07, 6.45) is 3.08. The maximum Gasteiger partial charge on any atom is 0.251 e. The molecule has 2 aromatic carbocycles. The molecule has 0 aliphatic rings. The van der Waals surface area contributed by atoms with Gasteiger partial charge >= 0.3 is 0 Å². The van der Waals surface area contributed by atoms with E-state index < -0.39 is 23.6 Å². The third-order valence-electron chi connectivity index (χ3n) is 3.50. The van der Waals surface area contributed by atoms with E-state index in [1.54, 1.807) is 12.4 Å². The number of nitrogens with zero attached hydrogens (tertiary/aromatic N) is 3. The predicted octanol–water partition coefficient (Wildman–Crippen LogP) is 2.73. The minimum absolute atomic E-state index is 0.0447. The highest BCUT2D eigenvalue weighted by molar-refractivity contribution is 5.94. The molecule has 1 aromatic heterocycles. The van der Waals surface area contributed by atoms with Gasteiger partial charge in [0.1, 0.15) is 0 Å². The number of carbonyl (C=O) groups excluding carboxylic acids is 1. The van der Waals surface area contributed by atoms with Gasteiger partial charge in [-0.2, -0.15) is 15.0 Å². The van der Waals surface area contributed by atoms with Crippen LogP contribution in [0.5, 0.6) is 0 Å². The average molecular weight is 328 g/mol. The fourth-order valence-corrected chi connectivity index (χ4v) is 2.30. The average Bonchev–Trinajstić information content (AvgIpc) is 3.10. The second-order valence-corrected chi connectivity index (χ2v) is 5.15. The first-order valence-electron chi connectivity index (χ1n) is 7.28. The number of nitrogens with one attached hydrogen (secondary N) is 1. The molecule has 3 aromatic rings. The van der Waals surface area contributed by atoms with Crippen LogP contribution in [0.1, 0.15) is 22.0 Å². The van der Waals surface area contributed by atoms with Gasteiger partial charge in [0.25, 0.3) is 5.91 Å². The van der Waals surface area contributed by atoms with Crippen LogP contribution in [0.25, 0.3) is 0 Å².